The SMILES string of the molecule is C=CC(=C)CC.CC.CC.CCc1cccc(OCCCN(C)C)c1. The first kappa shape index (κ1) is 28.3. The van der Waals surface area contributed by atoms with E-state index in [2.05, 4.69) is 64.2 Å². The van der Waals surface area contributed by atoms with Crippen molar-refractivity contribution in [2.75, 3.05) is 27.2 Å². The molecular weight excluding hydrogens is 306 g/mol. The van der Waals surface area contributed by atoms with Crippen molar-refractivity contribution in [3.05, 3.63) is 54.6 Å². The molecule has 25 heavy (non-hydrogen) atoms. The molecule has 0 saturated carbocycles. The van der Waals surface area contributed by atoms with Gasteiger partial charge in [-0.15, -0.1) is 0 Å². The highest BCUT2D eigenvalue weighted by molar-refractivity contribution is 5.28. The molecule has 0 aliphatic carbocycles. The van der Waals surface area contributed by atoms with Crippen LogP contribution >= 0.6 is 0 Å². The predicted molar refractivity (Wildman–Crippen MR) is 117 cm³/mol. The molecule has 0 bridgehead atoms. The van der Waals surface area contributed by atoms with Crippen LogP contribution in [0.1, 0.15) is 59.9 Å². The van der Waals surface area contributed by atoms with E-state index in [1.165, 1.54) is 5.56 Å². The van der Waals surface area contributed by atoms with Gasteiger partial charge in [0.15, 0.2) is 0 Å². The van der Waals surface area contributed by atoms with Gasteiger partial charge in [0.1, 0.15) is 5.75 Å². The number of aryl methyl sites for hydroxylation is 1. The largest absolute Gasteiger partial charge is 0.494 e. The number of allylic oxidation sites excluding steroid dienone is 2. The third-order valence-corrected chi connectivity index (χ3v) is 3.07. The molecular formula is C23H43NO. The van der Waals surface area contributed by atoms with E-state index in [1.807, 2.05) is 33.8 Å². The molecule has 0 radical (unpaired) electrons. The Balaban J connectivity index is -0.000000407. The van der Waals surface area contributed by atoms with E-state index in [0.717, 1.165) is 43.7 Å². The highest BCUT2D eigenvalue weighted by atomic mass is 16.5. The van der Waals surface area contributed by atoms with Crippen LogP contribution in [0, 0.1) is 0 Å². The Morgan fingerprint density at radius 2 is 1.72 bits per heavy atom. The van der Waals surface area contributed by atoms with E-state index in [-0.39, 0.29) is 0 Å². The van der Waals surface area contributed by atoms with E-state index in [1.54, 1.807) is 6.08 Å². The van der Waals surface area contributed by atoms with Crippen molar-refractivity contribution in [2.45, 2.75) is 60.8 Å². The van der Waals surface area contributed by atoms with Crippen LogP contribution in [-0.4, -0.2) is 32.1 Å². The summed E-state index contributed by atoms with van der Waals surface area (Å²) in [4.78, 5) is 2.17. The van der Waals surface area contributed by atoms with E-state index in [4.69, 9.17) is 4.74 Å². The molecule has 2 nitrogen and oxygen atoms in total. The second kappa shape index (κ2) is 22.5. The third-order valence-electron chi connectivity index (χ3n) is 3.07. The maximum atomic E-state index is 5.67. The molecule has 2 heteroatoms. The van der Waals surface area contributed by atoms with Crippen LogP contribution < -0.4 is 4.74 Å². The van der Waals surface area contributed by atoms with Crippen molar-refractivity contribution in [3.8, 4) is 5.75 Å². The minimum atomic E-state index is 0.797. The van der Waals surface area contributed by atoms with E-state index < -0.39 is 0 Å². The molecule has 0 atom stereocenters. The molecule has 0 fully saturated rings. The molecule has 0 spiro atoms. The zero-order valence-corrected chi connectivity index (χ0v) is 18.2. The third kappa shape index (κ3) is 20.4. The fourth-order valence-corrected chi connectivity index (χ4v) is 1.57. The number of benzene rings is 1. The molecule has 0 heterocycles. The van der Waals surface area contributed by atoms with Gasteiger partial charge in [0.05, 0.1) is 6.61 Å². The summed E-state index contributed by atoms with van der Waals surface area (Å²) in [6.07, 6.45) is 4.93. The van der Waals surface area contributed by atoms with Crippen LogP contribution in [0.15, 0.2) is 49.1 Å². The Bertz CT molecular complexity index is 410. The number of hydrogen-bond donors (Lipinski definition) is 0. The van der Waals surface area contributed by atoms with Gasteiger partial charge in [-0.3, -0.25) is 0 Å². The number of hydrogen-bond acceptors (Lipinski definition) is 2. The smallest absolute Gasteiger partial charge is 0.119 e. The molecule has 0 unspecified atom stereocenters. The second-order valence-corrected chi connectivity index (χ2v) is 5.22. The van der Waals surface area contributed by atoms with Crippen molar-refractivity contribution < 1.29 is 4.74 Å². The standard InChI is InChI=1S/C13H21NO.C6H10.2C2H6/c1-4-12-7-5-8-13(11-12)15-10-6-9-14(2)3;1-4-6(3)5-2;2*1-2/h5,7-8,11H,4,6,9-10H2,1-3H3;4H,1,3,5H2,2H3;2*1-2H3. The van der Waals surface area contributed by atoms with Gasteiger partial charge in [0.2, 0.25) is 0 Å². The van der Waals surface area contributed by atoms with Crippen LogP contribution in [-0.2, 0) is 6.42 Å². The summed E-state index contributed by atoms with van der Waals surface area (Å²) in [5.74, 6) is 0.994. The van der Waals surface area contributed by atoms with Crippen molar-refractivity contribution >= 4 is 0 Å². The first-order chi connectivity index (χ1) is 12.0. The lowest BCUT2D eigenvalue weighted by molar-refractivity contribution is 0.281. The van der Waals surface area contributed by atoms with Crippen molar-refractivity contribution in [3.63, 3.8) is 0 Å². The predicted octanol–water partition coefficient (Wildman–Crippen LogP) is 6.77. The molecule has 1 aromatic carbocycles. The topological polar surface area (TPSA) is 12.5 Å². The fourth-order valence-electron chi connectivity index (χ4n) is 1.57. The van der Waals surface area contributed by atoms with E-state index >= 15 is 0 Å². The maximum absolute atomic E-state index is 5.67. The van der Waals surface area contributed by atoms with Crippen molar-refractivity contribution in [1.29, 1.82) is 0 Å². The molecule has 0 saturated heterocycles. The zero-order chi connectivity index (χ0) is 20.1. The van der Waals surface area contributed by atoms with E-state index in [9.17, 15) is 0 Å². The van der Waals surface area contributed by atoms with Crippen molar-refractivity contribution in [2.24, 2.45) is 0 Å². The summed E-state index contributed by atoms with van der Waals surface area (Å²) >= 11 is 0. The Labute approximate surface area is 158 Å². The quantitative estimate of drug-likeness (QED) is 0.379. The minimum Gasteiger partial charge on any atom is -0.494 e. The average molecular weight is 350 g/mol. The van der Waals surface area contributed by atoms with Gasteiger partial charge < -0.3 is 9.64 Å². The van der Waals surface area contributed by atoms with Crippen LogP contribution in [0.3, 0.4) is 0 Å². The lowest BCUT2D eigenvalue weighted by atomic mass is 10.2. The Kier molecular flexibility index (Phi) is 25.4. The van der Waals surface area contributed by atoms with Gasteiger partial charge in [-0.05, 0) is 51.1 Å². The van der Waals surface area contributed by atoms with Gasteiger partial charge in [0, 0.05) is 6.54 Å². The second-order valence-electron chi connectivity index (χ2n) is 5.22. The maximum Gasteiger partial charge on any atom is 0.119 e. The lowest BCUT2D eigenvalue weighted by Gasteiger charge is -2.10. The first-order valence-corrected chi connectivity index (χ1v) is 9.70. The lowest BCUT2D eigenvalue weighted by Crippen LogP contribution is -2.15. The summed E-state index contributed by atoms with van der Waals surface area (Å²) in [6.45, 7) is 21.3. The Morgan fingerprint density at radius 1 is 1.12 bits per heavy atom. The van der Waals surface area contributed by atoms with Gasteiger partial charge in [-0.2, -0.15) is 0 Å². The summed E-state index contributed by atoms with van der Waals surface area (Å²) in [6, 6.07) is 8.33. The number of rotatable bonds is 8. The zero-order valence-electron chi connectivity index (χ0n) is 18.2. The highest BCUT2D eigenvalue weighted by Gasteiger charge is 1.96. The summed E-state index contributed by atoms with van der Waals surface area (Å²) in [5, 5.41) is 0. The van der Waals surface area contributed by atoms with Gasteiger partial charge >= 0.3 is 0 Å². The first-order valence-electron chi connectivity index (χ1n) is 9.70. The number of nitrogens with zero attached hydrogens (tertiary/aromatic N) is 1. The van der Waals surface area contributed by atoms with Crippen LogP contribution in [0.2, 0.25) is 0 Å². The van der Waals surface area contributed by atoms with E-state index in [0.29, 0.717) is 0 Å². The van der Waals surface area contributed by atoms with Crippen LogP contribution in [0.5, 0.6) is 5.75 Å². The Hall–Kier alpha value is -1.54. The molecule has 1 aromatic rings. The van der Waals surface area contributed by atoms with Gasteiger partial charge in [-0.25, -0.2) is 0 Å². The average Bonchev–Trinajstić information content (AvgIpc) is 2.68. The highest BCUT2D eigenvalue weighted by Crippen LogP contribution is 2.13. The normalized spacial score (nSPS) is 8.68. The molecule has 146 valence electrons. The van der Waals surface area contributed by atoms with Crippen LogP contribution in [0.25, 0.3) is 0 Å². The molecule has 0 N–H and O–H groups in total. The summed E-state index contributed by atoms with van der Waals surface area (Å²) in [5.41, 5.74) is 2.44. The Morgan fingerprint density at radius 3 is 2.12 bits per heavy atom. The van der Waals surface area contributed by atoms with Gasteiger partial charge in [0.25, 0.3) is 0 Å². The number of ether oxygens (including phenoxy) is 1. The summed E-state index contributed by atoms with van der Waals surface area (Å²) < 4.78 is 5.67. The molecule has 0 amide bonds. The van der Waals surface area contributed by atoms with Crippen molar-refractivity contribution in [1.82, 2.24) is 4.90 Å². The molecule has 0 aliphatic rings. The fraction of sp³-hybridized carbons (Fsp3) is 0.565. The monoisotopic (exact) mass is 349 g/mol. The molecule has 0 aliphatic heterocycles. The minimum absolute atomic E-state index is 0.797. The van der Waals surface area contributed by atoms with Crippen LogP contribution in [0.4, 0.5) is 0 Å². The molecule has 1 rings (SSSR count). The summed E-state index contributed by atoms with van der Waals surface area (Å²) in [7, 11) is 4.16. The van der Waals surface area contributed by atoms with Gasteiger partial charge in [-0.1, -0.05) is 78.5 Å². The molecule has 0 aromatic heterocycles.